The van der Waals surface area contributed by atoms with Gasteiger partial charge in [0.25, 0.3) is 0 Å². The van der Waals surface area contributed by atoms with Crippen molar-refractivity contribution in [3.05, 3.63) is 29.8 Å². The number of carbonyl (C=O) groups is 1. The first-order chi connectivity index (χ1) is 11.3. The molecule has 0 aromatic heterocycles. The van der Waals surface area contributed by atoms with Crippen molar-refractivity contribution in [2.24, 2.45) is 0 Å². The molecule has 5 atom stereocenters. The molecule has 0 aliphatic carbocycles. The van der Waals surface area contributed by atoms with E-state index in [2.05, 4.69) is 0 Å². The first-order valence-corrected chi connectivity index (χ1v) is 7.04. The first-order valence-electron chi connectivity index (χ1n) is 7.04. The fraction of sp³-hybridized carbons (Fsp3) is 0.400. The predicted octanol–water partition coefficient (Wildman–Crippen LogP) is -1.33. The highest BCUT2D eigenvalue weighted by Crippen LogP contribution is 2.31. The van der Waals surface area contributed by atoms with E-state index in [9.17, 15) is 25.2 Å². The molecule has 0 saturated carbocycles. The number of rotatable bonds is 5. The maximum atomic E-state index is 10.5. The van der Waals surface area contributed by atoms with E-state index in [1.54, 1.807) is 0 Å². The van der Waals surface area contributed by atoms with Crippen LogP contribution in [-0.2, 0) is 9.53 Å². The Kier molecular flexibility index (Phi) is 5.75. The Morgan fingerprint density at radius 3 is 2.50 bits per heavy atom. The first kappa shape index (κ1) is 18.2. The molecule has 0 radical (unpaired) electrons. The number of carboxylic acid groups (broad SMARTS) is 1. The van der Waals surface area contributed by atoms with E-state index < -0.39 is 43.3 Å². The molecule has 1 fully saturated rings. The predicted molar refractivity (Wildman–Crippen MR) is 79.2 cm³/mol. The van der Waals surface area contributed by atoms with Crippen LogP contribution in [0.5, 0.6) is 11.5 Å². The zero-order valence-electron chi connectivity index (χ0n) is 12.4. The number of ether oxygens (including phenoxy) is 2. The van der Waals surface area contributed by atoms with Crippen LogP contribution in [0.4, 0.5) is 0 Å². The zero-order chi connectivity index (χ0) is 17.9. The fourth-order valence-electron chi connectivity index (χ4n) is 2.20. The number of phenols is 1. The highest BCUT2D eigenvalue weighted by molar-refractivity contribution is 5.85. The van der Waals surface area contributed by atoms with Crippen LogP contribution in [0, 0.1) is 0 Å². The molecule has 6 N–H and O–H groups in total. The lowest BCUT2D eigenvalue weighted by molar-refractivity contribution is -0.277. The summed E-state index contributed by atoms with van der Waals surface area (Å²) < 4.78 is 10.4. The number of carboxylic acids is 1. The number of benzene rings is 1. The van der Waals surface area contributed by atoms with E-state index in [0.717, 1.165) is 6.08 Å². The molecule has 132 valence electrons. The van der Waals surface area contributed by atoms with Gasteiger partial charge in [0.1, 0.15) is 24.4 Å². The molecule has 2 rings (SSSR count). The van der Waals surface area contributed by atoms with Gasteiger partial charge >= 0.3 is 5.97 Å². The molecule has 9 heteroatoms. The minimum Gasteiger partial charge on any atom is -0.504 e. The van der Waals surface area contributed by atoms with E-state index in [4.69, 9.17) is 19.7 Å². The van der Waals surface area contributed by atoms with Crippen LogP contribution in [0.25, 0.3) is 6.08 Å². The van der Waals surface area contributed by atoms with Crippen LogP contribution in [0.1, 0.15) is 5.56 Å². The van der Waals surface area contributed by atoms with Gasteiger partial charge in [-0.2, -0.15) is 0 Å². The molecular weight excluding hydrogens is 324 g/mol. The van der Waals surface area contributed by atoms with E-state index >= 15 is 0 Å². The Hall–Kier alpha value is -2.17. The lowest BCUT2D eigenvalue weighted by Gasteiger charge is -2.39. The van der Waals surface area contributed by atoms with Crippen LogP contribution < -0.4 is 4.74 Å². The quantitative estimate of drug-likeness (QED) is 0.357. The highest BCUT2D eigenvalue weighted by atomic mass is 16.7. The van der Waals surface area contributed by atoms with Gasteiger partial charge in [-0.15, -0.1) is 0 Å². The fourth-order valence-corrected chi connectivity index (χ4v) is 2.20. The van der Waals surface area contributed by atoms with Crippen LogP contribution in [0.3, 0.4) is 0 Å². The summed E-state index contributed by atoms with van der Waals surface area (Å²) >= 11 is 0. The minimum absolute atomic E-state index is 0.0909. The van der Waals surface area contributed by atoms with Gasteiger partial charge in [-0.1, -0.05) is 6.07 Å². The normalized spacial score (nSPS) is 30.4. The summed E-state index contributed by atoms with van der Waals surface area (Å²) in [6.45, 7) is -0.601. The number of aromatic hydroxyl groups is 1. The van der Waals surface area contributed by atoms with Crippen molar-refractivity contribution in [2.75, 3.05) is 6.61 Å². The second-order valence-corrected chi connectivity index (χ2v) is 5.21. The van der Waals surface area contributed by atoms with E-state index in [1.165, 1.54) is 24.3 Å². The summed E-state index contributed by atoms with van der Waals surface area (Å²) in [6.07, 6.45) is -5.11. The molecule has 1 unspecified atom stereocenters. The van der Waals surface area contributed by atoms with Gasteiger partial charge in [-0.25, -0.2) is 4.79 Å². The molecule has 1 saturated heterocycles. The SMILES string of the molecule is O=C(O)/C=C/c1ccc(OC2O[C@H](CO)[C@@H](O)[C@H](O)[C@H]2O)c(O)c1. The summed E-state index contributed by atoms with van der Waals surface area (Å²) in [7, 11) is 0. The molecule has 1 aliphatic rings. The van der Waals surface area contributed by atoms with Gasteiger partial charge in [-0.05, 0) is 23.8 Å². The number of hydrogen-bond acceptors (Lipinski definition) is 8. The molecule has 1 aromatic rings. The Labute approximate surface area is 136 Å². The molecule has 1 aromatic carbocycles. The standard InChI is InChI=1S/C15H18O9/c16-6-10-12(20)13(21)14(22)15(24-10)23-9-3-1-7(5-8(9)17)2-4-11(18)19/h1-5,10,12-17,20-22H,6H2,(H,18,19)/b4-2+/t10-,12-,13+,14-,15?/m1/s1. The van der Waals surface area contributed by atoms with Gasteiger partial charge < -0.3 is 40.1 Å². The van der Waals surface area contributed by atoms with Crippen LogP contribution >= 0.6 is 0 Å². The van der Waals surface area contributed by atoms with E-state index in [-0.39, 0.29) is 11.5 Å². The van der Waals surface area contributed by atoms with E-state index in [0.29, 0.717) is 5.56 Å². The van der Waals surface area contributed by atoms with Gasteiger partial charge in [-0.3, -0.25) is 0 Å². The monoisotopic (exact) mass is 342 g/mol. The molecule has 0 bridgehead atoms. The average Bonchev–Trinajstić information content (AvgIpc) is 2.55. The number of aliphatic hydroxyl groups is 4. The average molecular weight is 342 g/mol. The summed E-state index contributed by atoms with van der Waals surface area (Å²) in [4.78, 5) is 10.5. The maximum Gasteiger partial charge on any atom is 0.328 e. The van der Waals surface area contributed by atoms with Crippen molar-refractivity contribution >= 4 is 12.0 Å². The molecule has 1 aliphatic heterocycles. The Morgan fingerprint density at radius 1 is 1.21 bits per heavy atom. The highest BCUT2D eigenvalue weighted by Gasteiger charge is 2.44. The molecule has 0 amide bonds. The number of aliphatic carboxylic acids is 1. The number of aliphatic hydroxyl groups excluding tert-OH is 4. The third-order valence-corrected chi connectivity index (χ3v) is 3.49. The lowest BCUT2D eigenvalue weighted by atomic mass is 9.99. The third kappa shape index (κ3) is 4.02. The largest absolute Gasteiger partial charge is 0.504 e. The maximum absolute atomic E-state index is 10.5. The van der Waals surface area contributed by atoms with Crippen molar-refractivity contribution in [3.8, 4) is 11.5 Å². The number of hydrogen-bond donors (Lipinski definition) is 6. The molecule has 0 spiro atoms. The summed E-state index contributed by atoms with van der Waals surface area (Å²) in [5, 5.41) is 56.8. The van der Waals surface area contributed by atoms with Gasteiger partial charge in [0.15, 0.2) is 11.5 Å². The zero-order valence-corrected chi connectivity index (χ0v) is 12.4. The second kappa shape index (κ2) is 7.60. The molecular formula is C15H18O9. The molecule has 9 nitrogen and oxygen atoms in total. The topological polar surface area (TPSA) is 157 Å². The second-order valence-electron chi connectivity index (χ2n) is 5.21. The smallest absolute Gasteiger partial charge is 0.328 e. The van der Waals surface area contributed by atoms with Crippen molar-refractivity contribution < 1.29 is 44.9 Å². The van der Waals surface area contributed by atoms with Crippen LogP contribution in [0.15, 0.2) is 24.3 Å². The molecule has 24 heavy (non-hydrogen) atoms. The van der Waals surface area contributed by atoms with Crippen LogP contribution in [-0.4, -0.2) is 73.9 Å². The van der Waals surface area contributed by atoms with Gasteiger partial charge in [0, 0.05) is 6.08 Å². The summed E-state index contributed by atoms with van der Waals surface area (Å²) in [5.74, 6) is -1.58. The van der Waals surface area contributed by atoms with Gasteiger partial charge in [0.2, 0.25) is 6.29 Å². The minimum atomic E-state index is -1.60. The number of phenolic OH excluding ortho intramolecular Hbond substituents is 1. The van der Waals surface area contributed by atoms with Crippen molar-refractivity contribution in [2.45, 2.75) is 30.7 Å². The Balaban J connectivity index is 2.13. The van der Waals surface area contributed by atoms with Gasteiger partial charge in [0.05, 0.1) is 6.61 Å². The summed E-state index contributed by atoms with van der Waals surface area (Å²) in [6, 6.07) is 4.01. The van der Waals surface area contributed by atoms with Crippen LogP contribution in [0.2, 0.25) is 0 Å². The van der Waals surface area contributed by atoms with Crippen molar-refractivity contribution in [3.63, 3.8) is 0 Å². The third-order valence-electron chi connectivity index (χ3n) is 3.49. The van der Waals surface area contributed by atoms with Crippen molar-refractivity contribution in [1.29, 1.82) is 0 Å². The van der Waals surface area contributed by atoms with E-state index in [1.807, 2.05) is 0 Å². The molecule has 1 heterocycles. The Morgan fingerprint density at radius 2 is 1.92 bits per heavy atom. The Bertz CT molecular complexity index is 613. The summed E-state index contributed by atoms with van der Waals surface area (Å²) in [5.41, 5.74) is 0.399. The lowest BCUT2D eigenvalue weighted by Crippen LogP contribution is -2.60. The van der Waals surface area contributed by atoms with Crippen molar-refractivity contribution in [1.82, 2.24) is 0 Å².